The quantitative estimate of drug-likeness (QED) is 0.0954. The van der Waals surface area contributed by atoms with E-state index in [1.54, 1.807) is 0 Å². The number of benzene rings is 4. The molecule has 1 aliphatic carbocycles. The average Bonchev–Trinajstić information content (AvgIpc) is 3.22. The van der Waals surface area contributed by atoms with E-state index in [2.05, 4.69) is 123 Å². The van der Waals surface area contributed by atoms with Crippen LogP contribution < -0.4 is 18.9 Å². The SMILES string of the molecule is COc1c2cc(C(C)(C)C)cc1C(N=[N+]=[N-])c1cc(C(C)(C)C)cc(c1OC)C(N=[N+]=[N-])c1cc(C(C)(C)C)cc(c1OC)C(N=[N+]=[N-])c1cc(C(C)(C)C)cc(c1OC)C2N=[N+]=[N-]. The van der Waals surface area contributed by atoms with Crippen LogP contribution >= 0.6 is 0 Å². The van der Waals surface area contributed by atoms with E-state index >= 15 is 0 Å². The van der Waals surface area contributed by atoms with Crippen LogP contribution in [-0.4, -0.2) is 28.4 Å². The molecule has 0 saturated carbocycles. The molecule has 0 aromatic heterocycles. The number of hydrogen-bond acceptors (Lipinski definition) is 8. The van der Waals surface area contributed by atoms with Crippen molar-refractivity contribution in [1.29, 1.82) is 0 Å². The van der Waals surface area contributed by atoms with Crippen molar-refractivity contribution in [2.75, 3.05) is 28.4 Å². The minimum atomic E-state index is -1.10. The molecule has 5 rings (SSSR count). The fourth-order valence-corrected chi connectivity index (χ4v) is 8.37. The Balaban J connectivity index is 2.29. The number of azide groups is 4. The molecule has 16 heteroatoms. The third-order valence-electron chi connectivity index (χ3n) is 11.9. The monoisotopic (exact) mass is 868 g/mol. The first kappa shape index (κ1) is 48.4. The molecule has 0 N–H and O–H groups in total. The number of hydrogen-bond donors (Lipinski definition) is 0. The van der Waals surface area contributed by atoms with Gasteiger partial charge < -0.3 is 18.9 Å². The lowest BCUT2D eigenvalue weighted by Gasteiger charge is -2.33. The summed E-state index contributed by atoms with van der Waals surface area (Å²) < 4.78 is 25.4. The van der Waals surface area contributed by atoms with Gasteiger partial charge in [0.1, 0.15) is 23.0 Å². The van der Waals surface area contributed by atoms with Crippen molar-refractivity contribution >= 4 is 0 Å². The first-order valence-corrected chi connectivity index (χ1v) is 21.0. The Morgan fingerprint density at radius 2 is 0.469 bits per heavy atom. The predicted molar refractivity (Wildman–Crippen MR) is 251 cm³/mol. The summed E-state index contributed by atoms with van der Waals surface area (Å²) in [4.78, 5) is 13.6. The van der Waals surface area contributed by atoms with Crippen molar-refractivity contribution in [3.63, 3.8) is 0 Å². The van der Waals surface area contributed by atoms with E-state index in [1.165, 1.54) is 28.4 Å². The molecule has 1 aliphatic rings. The minimum absolute atomic E-state index is 0.296. The standard InChI is InChI=1S/C48H60N12O4/c1-45(2,3)25-17-29-37(53-57-49)31-19-26(46(4,5)6)21-33(42(31)62-14)39(55-59-51)35-23-28(48(10,11)12)24-36(44(35)64-16)40(56-60-52)34-22-27(47(7,8)9)20-32(43(34)63-15)38(54-58-50)30(18-25)41(29)61-13/h17-24,37-40H,1-16H3. The van der Waals surface area contributed by atoms with Gasteiger partial charge in [-0.2, -0.15) is 0 Å². The maximum atomic E-state index is 10.5. The zero-order valence-electron chi connectivity index (χ0n) is 39.9. The average molecular weight is 869 g/mol. The molecular formula is C48H60N12O4. The molecule has 64 heavy (non-hydrogen) atoms. The first-order valence-electron chi connectivity index (χ1n) is 21.0. The number of fused-ring (bicyclic) bond motifs is 8. The summed E-state index contributed by atoms with van der Waals surface area (Å²) in [6, 6.07) is 11.1. The fraction of sp³-hybridized carbons (Fsp3) is 0.500. The number of methoxy groups -OCH3 is 4. The van der Waals surface area contributed by atoms with Crippen LogP contribution in [0.5, 0.6) is 23.0 Å². The molecule has 0 fully saturated rings. The summed E-state index contributed by atoms with van der Waals surface area (Å²) in [5.74, 6) is 1.18. The van der Waals surface area contributed by atoms with Gasteiger partial charge in [-0.15, -0.1) is 0 Å². The lowest BCUT2D eigenvalue weighted by Crippen LogP contribution is -2.20. The van der Waals surface area contributed by atoms with E-state index in [-0.39, 0.29) is 0 Å². The van der Waals surface area contributed by atoms with Crippen molar-refractivity contribution < 1.29 is 18.9 Å². The lowest BCUT2D eigenvalue weighted by atomic mass is 9.76. The molecule has 0 amide bonds. The van der Waals surface area contributed by atoms with Crippen LogP contribution in [-0.2, 0) is 21.7 Å². The van der Waals surface area contributed by atoms with E-state index in [0.29, 0.717) is 67.5 Å². The van der Waals surface area contributed by atoms with Crippen LogP contribution in [0.3, 0.4) is 0 Å². The molecule has 0 radical (unpaired) electrons. The number of nitrogens with zero attached hydrogens (tertiary/aromatic N) is 12. The summed E-state index contributed by atoms with van der Waals surface area (Å²) in [6.07, 6.45) is 0. The normalized spacial score (nSPS) is 17.4. The zero-order chi connectivity index (χ0) is 47.7. The molecule has 8 bridgehead atoms. The fourth-order valence-electron chi connectivity index (χ4n) is 8.37. The van der Waals surface area contributed by atoms with Gasteiger partial charge in [0, 0.05) is 64.2 Å². The van der Waals surface area contributed by atoms with Gasteiger partial charge in [0.15, 0.2) is 0 Å². The largest absolute Gasteiger partial charge is 0.496 e. The van der Waals surface area contributed by atoms with Crippen LogP contribution in [0.1, 0.15) is 174 Å². The van der Waals surface area contributed by atoms with Crippen molar-refractivity contribution in [3.8, 4) is 23.0 Å². The predicted octanol–water partition coefficient (Wildman–Crippen LogP) is 14.8. The molecule has 0 aliphatic heterocycles. The highest BCUT2D eigenvalue weighted by Gasteiger charge is 2.38. The van der Waals surface area contributed by atoms with Gasteiger partial charge in [0.05, 0.1) is 52.6 Å². The van der Waals surface area contributed by atoms with Crippen molar-refractivity contribution in [2.45, 2.75) is 129 Å². The minimum Gasteiger partial charge on any atom is -0.496 e. The van der Waals surface area contributed by atoms with Gasteiger partial charge in [-0.3, -0.25) is 0 Å². The van der Waals surface area contributed by atoms with Crippen LogP contribution in [0.2, 0.25) is 0 Å². The Kier molecular flexibility index (Phi) is 13.7. The van der Waals surface area contributed by atoms with E-state index in [1.807, 2.05) is 48.5 Å². The molecule has 0 spiro atoms. The zero-order valence-corrected chi connectivity index (χ0v) is 39.9. The molecule has 4 aromatic rings. The topological polar surface area (TPSA) is 232 Å². The van der Waals surface area contributed by atoms with Crippen LogP contribution in [0, 0.1) is 0 Å². The Bertz CT molecular complexity index is 2190. The van der Waals surface area contributed by atoms with Crippen LogP contribution in [0.4, 0.5) is 0 Å². The Hall–Kier alpha value is -6.68. The summed E-state index contributed by atoms with van der Waals surface area (Å²) >= 11 is 0. The highest BCUT2D eigenvalue weighted by atomic mass is 16.5. The third kappa shape index (κ3) is 9.18. The Morgan fingerprint density at radius 1 is 0.328 bits per heavy atom. The molecule has 0 atom stereocenters. The summed E-state index contributed by atoms with van der Waals surface area (Å²) in [5, 5.41) is 18.0. The number of rotatable bonds is 8. The maximum absolute atomic E-state index is 10.5. The molecule has 4 aromatic carbocycles. The summed E-state index contributed by atoms with van der Waals surface area (Å²) in [6.45, 7) is 24.7. The molecule has 0 saturated heterocycles. The second-order valence-corrected chi connectivity index (χ2v) is 20.2. The molecule has 16 nitrogen and oxygen atoms in total. The van der Waals surface area contributed by atoms with E-state index in [4.69, 9.17) is 18.9 Å². The number of ether oxygens (including phenoxy) is 4. The van der Waals surface area contributed by atoms with Crippen molar-refractivity contribution in [2.24, 2.45) is 20.5 Å². The Labute approximate surface area is 375 Å². The second-order valence-electron chi connectivity index (χ2n) is 20.2. The Morgan fingerprint density at radius 3 is 0.562 bits per heavy atom. The summed E-state index contributed by atoms with van der Waals surface area (Å²) in [5.41, 5.74) is 46.9. The molecular weight excluding hydrogens is 809 g/mol. The van der Waals surface area contributed by atoms with Gasteiger partial charge in [0.25, 0.3) is 0 Å². The van der Waals surface area contributed by atoms with Crippen molar-refractivity contribution in [3.05, 3.63) is 157 Å². The van der Waals surface area contributed by atoms with E-state index in [0.717, 1.165) is 22.3 Å². The van der Waals surface area contributed by atoms with Crippen LogP contribution in [0.25, 0.3) is 41.8 Å². The van der Waals surface area contributed by atoms with E-state index < -0.39 is 45.8 Å². The van der Waals surface area contributed by atoms with Gasteiger partial charge in [0.2, 0.25) is 0 Å². The van der Waals surface area contributed by atoms with Gasteiger partial charge >= 0.3 is 0 Å². The molecule has 336 valence electrons. The maximum Gasteiger partial charge on any atom is 0.126 e. The highest BCUT2D eigenvalue weighted by molar-refractivity contribution is 5.64. The third-order valence-corrected chi connectivity index (χ3v) is 11.9. The van der Waals surface area contributed by atoms with E-state index in [9.17, 15) is 22.1 Å². The second kappa shape index (κ2) is 18.2. The smallest absolute Gasteiger partial charge is 0.126 e. The molecule has 0 unspecified atom stereocenters. The van der Waals surface area contributed by atoms with Crippen LogP contribution in [0.15, 0.2) is 69.0 Å². The van der Waals surface area contributed by atoms with Gasteiger partial charge in [-0.25, -0.2) is 0 Å². The summed E-state index contributed by atoms with van der Waals surface area (Å²) in [7, 11) is 6.06. The lowest BCUT2D eigenvalue weighted by molar-refractivity contribution is 0.384. The first-order chi connectivity index (χ1) is 29.9. The molecule has 0 heterocycles. The highest BCUT2D eigenvalue weighted by Crippen LogP contribution is 2.54. The van der Waals surface area contributed by atoms with Gasteiger partial charge in [-0.1, -0.05) is 152 Å². The van der Waals surface area contributed by atoms with Gasteiger partial charge in [-0.05, 0) is 66.0 Å². The van der Waals surface area contributed by atoms with Crippen molar-refractivity contribution in [1.82, 2.24) is 0 Å².